The standard InChI is InChI=1S/C29H32N2O/c1-2-23-16-11-17-25(21-23)27-22-26-18-12-19-30-28(26)31(29(27)32)20-10-5-3-4-7-13-24-14-8-6-9-15-24/h6,8-9,11-12,14-19,21-22H,2-5,7,10,13,20H2,1H3. The van der Waals surface area contributed by atoms with E-state index in [9.17, 15) is 4.79 Å². The van der Waals surface area contributed by atoms with E-state index in [0.29, 0.717) is 6.54 Å². The highest BCUT2D eigenvalue weighted by Gasteiger charge is 2.12. The maximum absolute atomic E-state index is 13.4. The fourth-order valence-corrected chi connectivity index (χ4v) is 4.35. The van der Waals surface area contributed by atoms with Gasteiger partial charge in [0, 0.05) is 23.7 Å². The third-order valence-corrected chi connectivity index (χ3v) is 6.18. The lowest BCUT2D eigenvalue weighted by Crippen LogP contribution is -2.23. The molecule has 164 valence electrons. The number of fused-ring (bicyclic) bond motifs is 1. The van der Waals surface area contributed by atoms with Crippen molar-refractivity contribution in [1.29, 1.82) is 0 Å². The molecule has 2 aromatic heterocycles. The Morgan fingerprint density at radius 1 is 0.781 bits per heavy atom. The molecule has 0 saturated heterocycles. The molecule has 0 N–H and O–H groups in total. The summed E-state index contributed by atoms with van der Waals surface area (Å²) < 4.78 is 1.88. The number of hydrogen-bond donors (Lipinski definition) is 0. The predicted octanol–water partition coefficient (Wildman–Crippen LogP) is 6.82. The van der Waals surface area contributed by atoms with Crippen LogP contribution in [0.4, 0.5) is 0 Å². The molecule has 0 bridgehead atoms. The zero-order valence-corrected chi connectivity index (χ0v) is 19.0. The second-order valence-corrected chi connectivity index (χ2v) is 8.49. The van der Waals surface area contributed by atoms with Crippen LogP contribution >= 0.6 is 0 Å². The summed E-state index contributed by atoms with van der Waals surface area (Å²) in [4.78, 5) is 18.0. The highest BCUT2D eigenvalue weighted by Crippen LogP contribution is 2.22. The van der Waals surface area contributed by atoms with E-state index in [1.165, 1.54) is 30.4 Å². The van der Waals surface area contributed by atoms with Gasteiger partial charge in [0.25, 0.3) is 5.56 Å². The fourth-order valence-electron chi connectivity index (χ4n) is 4.35. The van der Waals surface area contributed by atoms with Gasteiger partial charge in [-0.25, -0.2) is 4.98 Å². The Morgan fingerprint density at radius 2 is 1.56 bits per heavy atom. The SMILES string of the molecule is CCc1cccc(-c2cc3cccnc3n(CCCCCCCc3ccccc3)c2=O)c1. The molecule has 4 rings (SSSR count). The average molecular weight is 425 g/mol. The smallest absolute Gasteiger partial charge is 0.260 e. The summed E-state index contributed by atoms with van der Waals surface area (Å²) in [6.45, 7) is 2.86. The molecule has 0 amide bonds. The zero-order chi connectivity index (χ0) is 22.2. The lowest BCUT2D eigenvalue weighted by Gasteiger charge is -2.13. The van der Waals surface area contributed by atoms with Gasteiger partial charge >= 0.3 is 0 Å². The van der Waals surface area contributed by atoms with Gasteiger partial charge in [0.2, 0.25) is 0 Å². The fraction of sp³-hybridized carbons (Fsp3) is 0.310. The summed E-state index contributed by atoms with van der Waals surface area (Å²) in [5.41, 5.74) is 5.28. The molecule has 0 atom stereocenters. The number of unbranched alkanes of at least 4 members (excludes halogenated alkanes) is 4. The van der Waals surface area contributed by atoms with Crippen molar-refractivity contribution in [1.82, 2.24) is 9.55 Å². The van der Waals surface area contributed by atoms with Crippen LogP contribution in [0.15, 0.2) is 83.8 Å². The average Bonchev–Trinajstić information content (AvgIpc) is 2.85. The largest absolute Gasteiger partial charge is 0.292 e. The predicted molar refractivity (Wildman–Crippen MR) is 134 cm³/mol. The third-order valence-electron chi connectivity index (χ3n) is 6.18. The van der Waals surface area contributed by atoms with E-state index in [1.807, 2.05) is 28.8 Å². The number of rotatable bonds is 10. The second-order valence-electron chi connectivity index (χ2n) is 8.49. The Bertz CT molecular complexity index is 1210. The number of hydrogen-bond acceptors (Lipinski definition) is 2. The Hall–Kier alpha value is -3.20. The van der Waals surface area contributed by atoms with Gasteiger partial charge < -0.3 is 0 Å². The van der Waals surface area contributed by atoms with Gasteiger partial charge in [-0.3, -0.25) is 9.36 Å². The molecule has 3 heteroatoms. The van der Waals surface area contributed by atoms with Gasteiger partial charge in [-0.05, 0) is 60.6 Å². The number of aryl methyl sites for hydroxylation is 3. The summed E-state index contributed by atoms with van der Waals surface area (Å²) in [6, 6.07) is 25.0. The molecule has 32 heavy (non-hydrogen) atoms. The van der Waals surface area contributed by atoms with E-state index < -0.39 is 0 Å². The quantitative estimate of drug-likeness (QED) is 0.262. The van der Waals surface area contributed by atoms with Crippen LogP contribution in [0.1, 0.15) is 50.2 Å². The van der Waals surface area contributed by atoms with Crippen molar-refractivity contribution >= 4 is 11.0 Å². The number of nitrogens with zero attached hydrogens (tertiary/aromatic N) is 2. The third kappa shape index (κ3) is 5.34. The van der Waals surface area contributed by atoms with E-state index >= 15 is 0 Å². The van der Waals surface area contributed by atoms with Crippen molar-refractivity contribution in [2.45, 2.75) is 58.4 Å². The van der Waals surface area contributed by atoms with Gasteiger partial charge in [-0.2, -0.15) is 0 Å². The summed E-state index contributed by atoms with van der Waals surface area (Å²) in [5, 5.41) is 1.02. The molecule has 2 heterocycles. The van der Waals surface area contributed by atoms with Crippen molar-refractivity contribution in [2.24, 2.45) is 0 Å². The molecular formula is C29H32N2O. The molecule has 0 aliphatic heterocycles. The van der Waals surface area contributed by atoms with Crippen LogP contribution in [0.5, 0.6) is 0 Å². The minimum atomic E-state index is 0.0635. The first-order valence-corrected chi connectivity index (χ1v) is 11.9. The summed E-state index contributed by atoms with van der Waals surface area (Å²) >= 11 is 0. The van der Waals surface area contributed by atoms with Crippen LogP contribution in [-0.4, -0.2) is 9.55 Å². The molecule has 3 nitrogen and oxygen atoms in total. The van der Waals surface area contributed by atoms with Crippen molar-refractivity contribution in [3.8, 4) is 11.1 Å². The van der Waals surface area contributed by atoms with Crippen molar-refractivity contribution < 1.29 is 0 Å². The molecule has 0 unspecified atom stereocenters. The Labute approximate surface area is 190 Å². The first-order valence-electron chi connectivity index (χ1n) is 11.9. The first-order chi connectivity index (χ1) is 15.8. The maximum Gasteiger partial charge on any atom is 0.260 e. The number of pyridine rings is 2. The summed E-state index contributed by atoms with van der Waals surface area (Å²) in [5.74, 6) is 0. The molecule has 0 aliphatic carbocycles. The molecule has 0 aliphatic rings. The van der Waals surface area contributed by atoms with Gasteiger partial charge in [-0.1, -0.05) is 80.8 Å². The molecule has 0 spiro atoms. The molecule has 0 fully saturated rings. The van der Waals surface area contributed by atoms with Crippen LogP contribution in [0.25, 0.3) is 22.2 Å². The van der Waals surface area contributed by atoms with E-state index in [2.05, 4.69) is 60.4 Å². The van der Waals surface area contributed by atoms with Crippen molar-refractivity contribution in [3.05, 3.63) is 100 Å². The van der Waals surface area contributed by atoms with Crippen molar-refractivity contribution in [3.63, 3.8) is 0 Å². The summed E-state index contributed by atoms with van der Waals surface area (Å²) in [7, 11) is 0. The molecular weight excluding hydrogens is 392 g/mol. The molecule has 0 saturated carbocycles. The van der Waals surface area contributed by atoms with Gasteiger partial charge in [-0.15, -0.1) is 0 Å². The van der Waals surface area contributed by atoms with Gasteiger partial charge in [0.1, 0.15) is 5.65 Å². The molecule has 0 radical (unpaired) electrons. The van der Waals surface area contributed by atoms with E-state index in [4.69, 9.17) is 0 Å². The van der Waals surface area contributed by atoms with E-state index in [0.717, 1.165) is 47.8 Å². The lowest BCUT2D eigenvalue weighted by molar-refractivity contribution is 0.559. The normalized spacial score (nSPS) is 11.2. The second kappa shape index (κ2) is 10.9. The lowest BCUT2D eigenvalue weighted by atomic mass is 10.0. The Kier molecular flexibility index (Phi) is 7.50. The highest BCUT2D eigenvalue weighted by molar-refractivity contribution is 5.81. The van der Waals surface area contributed by atoms with Crippen LogP contribution < -0.4 is 5.56 Å². The topological polar surface area (TPSA) is 34.9 Å². The Balaban J connectivity index is 1.43. The minimum absolute atomic E-state index is 0.0635. The highest BCUT2D eigenvalue weighted by atomic mass is 16.1. The van der Waals surface area contributed by atoms with Gasteiger partial charge in [0.05, 0.1) is 0 Å². The van der Waals surface area contributed by atoms with E-state index in [1.54, 1.807) is 6.20 Å². The van der Waals surface area contributed by atoms with Crippen LogP contribution in [0, 0.1) is 0 Å². The number of benzene rings is 2. The van der Waals surface area contributed by atoms with Crippen molar-refractivity contribution in [2.75, 3.05) is 0 Å². The van der Waals surface area contributed by atoms with Crippen LogP contribution in [-0.2, 0) is 19.4 Å². The van der Waals surface area contributed by atoms with Crippen LogP contribution in [0.2, 0.25) is 0 Å². The number of aromatic nitrogens is 2. The van der Waals surface area contributed by atoms with E-state index in [-0.39, 0.29) is 5.56 Å². The monoisotopic (exact) mass is 424 g/mol. The molecule has 2 aromatic carbocycles. The zero-order valence-electron chi connectivity index (χ0n) is 19.0. The molecule has 4 aromatic rings. The minimum Gasteiger partial charge on any atom is -0.292 e. The summed E-state index contributed by atoms with van der Waals surface area (Å²) in [6.07, 6.45) is 9.66. The first kappa shape index (κ1) is 22.0. The van der Waals surface area contributed by atoms with Crippen LogP contribution in [0.3, 0.4) is 0 Å². The van der Waals surface area contributed by atoms with Gasteiger partial charge in [0.15, 0.2) is 0 Å². The Morgan fingerprint density at radius 3 is 2.41 bits per heavy atom. The maximum atomic E-state index is 13.4.